The van der Waals surface area contributed by atoms with Gasteiger partial charge in [-0.2, -0.15) is 0 Å². The van der Waals surface area contributed by atoms with Crippen LogP contribution in [0.2, 0.25) is 0 Å². The normalized spacial score (nSPS) is 18.6. The van der Waals surface area contributed by atoms with Crippen molar-refractivity contribution in [1.29, 1.82) is 0 Å². The molecule has 2 N–H and O–H groups in total. The van der Waals surface area contributed by atoms with Gasteiger partial charge in [0.15, 0.2) is 0 Å². The fourth-order valence-electron chi connectivity index (χ4n) is 3.98. The molecule has 2 aliphatic heterocycles. The highest BCUT2D eigenvalue weighted by atomic mass is 16.2. The Morgan fingerprint density at radius 2 is 1.83 bits per heavy atom. The number of rotatable bonds is 8. The molecule has 1 fully saturated rings. The molecule has 1 unspecified atom stereocenters. The van der Waals surface area contributed by atoms with E-state index < -0.39 is 29.7 Å². The Hall–Kier alpha value is -3.03. The maximum Gasteiger partial charge on any atom is 0.262 e. The van der Waals surface area contributed by atoms with Crippen LogP contribution in [-0.4, -0.2) is 47.0 Å². The molecule has 30 heavy (non-hydrogen) atoms. The Morgan fingerprint density at radius 3 is 2.50 bits per heavy atom. The van der Waals surface area contributed by atoms with Crippen molar-refractivity contribution in [2.24, 2.45) is 5.92 Å². The Morgan fingerprint density at radius 1 is 1.13 bits per heavy atom. The number of hydrogen-bond donors (Lipinski definition) is 2. The molecule has 1 aromatic carbocycles. The summed E-state index contributed by atoms with van der Waals surface area (Å²) in [6.07, 6.45) is 3.22. The van der Waals surface area contributed by atoms with Crippen LogP contribution in [0.3, 0.4) is 0 Å². The van der Waals surface area contributed by atoms with Gasteiger partial charge in [0.2, 0.25) is 17.7 Å². The fraction of sp³-hybridized carbons (Fsp3) is 0.500. The molecule has 0 aliphatic carbocycles. The lowest BCUT2D eigenvalue weighted by molar-refractivity contribution is -0.136. The van der Waals surface area contributed by atoms with Crippen molar-refractivity contribution in [1.82, 2.24) is 15.5 Å². The molecule has 3 rings (SSSR count). The number of carbonyl (C=O) groups excluding carboxylic acids is 5. The summed E-state index contributed by atoms with van der Waals surface area (Å²) in [4.78, 5) is 62.0. The van der Waals surface area contributed by atoms with E-state index in [-0.39, 0.29) is 35.8 Å². The first-order chi connectivity index (χ1) is 14.4. The van der Waals surface area contributed by atoms with Crippen molar-refractivity contribution in [2.45, 2.75) is 58.4 Å². The minimum absolute atomic E-state index is 0.0342. The van der Waals surface area contributed by atoms with Crippen LogP contribution in [0, 0.1) is 5.92 Å². The van der Waals surface area contributed by atoms with E-state index in [0.717, 1.165) is 23.3 Å². The van der Waals surface area contributed by atoms with Crippen LogP contribution < -0.4 is 10.6 Å². The molecule has 2 heterocycles. The Kier molecular flexibility index (Phi) is 6.64. The third-order valence-corrected chi connectivity index (χ3v) is 5.80. The molecule has 2 aliphatic rings. The van der Waals surface area contributed by atoms with Gasteiger partial charge < -0.3 is 5.32 Å². The smallest absolute Gasteiger partial charge is 0.262 e. The van der Waals surface area contributed by atoms with E-state index in [2.05, 4.69) is 10.6 Å². The van der Waals surface area contributed by atoms with Crippen molar-refractivity contribution in [3.8, 4) is 0 Å². The molecule has 8 heteroatoms. The molecule has 1 aromatic rings. The standard InChI is InChI=1S/C22H27N3O5/c1-3-14(4-2)19(27)23-11-5-6-13-7-8-15-16(12-13)22(30)25(21(15)29)17-9-10-18(26)24-20(17)28/h7-8,12,14,17H,3-6,9-11H2,1-2H3,(H,23,27)(H,24,26,28). The summed E-state index contributed by atoms with van der Waals surface area (Å²) < 4.78 is 0. The lowest BCUT2D eigenvalue weighted by Crippen LogP contribution is -2.54. The molecule has 160 valence electrons. The van der Waals surface area contributed by atoms with Gasteiger partial charge in [0.1, 0.15) is 6.04 Å². The minimum atomic E-state index is -0.959. The van der Waals surface area contributed by atoms with Crippen LogP contribution in [0.15, 0.2) is 18.2 Å². The maximum absolute atomic E-state index is 12.8. The lowest BCUT2D eigenvalue weighted by Gasteiger charge is -2.27. The number of amides is 5. The van der Waals surface area contributed by atoms with E-state index in [4.69, 9.17) is 0 Å². The van der Waals surface area contributed by atoms with Crippen molar-refractivity contribution in [2.75, 3.05) is 6.54 Å². The second-order valence-electron chi connectivity index (χ2n) is 7.74. The van der Waals surface area contributed by atoms with Gasteiger partial charge in [-0.25, -0.2) is 0 Å². The highest BCUT2D eigenvalue weighted by molar-refractivity contribution is 6.23. The zero-order valence-corrected chi connectivity index (χ0v) is 17.3. The SMILES string of the molecule is CCC(CC)C(=O)NCCCc1ccc2c(c1)C(=O)N(C1CCC(=O)NC1=O)C2=O. The largest absolute Gasteiger partial charge is 0.356 e. The van der Waals surface area contributed by atoms with Gasteiger partial charge in [-0.05, 0) is 49.8 Å². The van der Waals surface area contributed by atoms with Crippen molar-refractivity contribution in [3.63, 3.8) is 0 Å². The number of nitrogens with zero attached hydrogens (tertiary/aromatic N) is 1. The van der Waals surface area contributed by atoms with Crippen molar-refractivity contribution in [3.05, 3.63) is 34.9 Å². The Bertz CT molecular complexity index is 891. The molecule has 0 radical (unpaired) electrons. The third-order valence-electron chi connectivity index (χ3n) is 5.80. The quantitative estimate of drug-likeness (QED) is 0.496. The highest BCUT2D eigenvalue weighted by Crippen LogP contribution is 2.28. The van der Waals surface area contributed by atoms with Gasteiger partial charge >= 0.3 is 0 Å². The van der Waals surface area contributed by atoms with Crippen LogP contribution in [0.5, 0.6) is 0 Å². The van der Waals surface area contributed by atoms with Crippen LogP contribution in [0.25, 0.3) is 0 Å². The van der Waals surface area contributed by atoms with Crippen LogP contribution in [0.4, 0.5) is 0 Å². The number of aryl methyl sites for hydroxylation is 1. The first-order valence-electron chi connectivity index (χ1n) is 10.5. The third kappa shape index (κ3) is 4.27. The summed E-state index contributed by atoms with van der Waals surface area (Å²) in [5.41, 5.74) is 1.44. The van der Waals surface area contributed by atoms with E-state index in [0.29, 0.717) is 19.4 Å². The van der Waals surface area contributed by atoms with Crippen LogP contribution in [-0.2, 0) is 20.8 Å². The zero-order valence-electron chi connectivity index (χ0n) is 17.3. The van der Waals surface area contributed by atoms with Crippen LogP contribution >= 0.6 is 0 Å². The molecular formula is C22H27N3O5. The van der Waals surface area contributed by atoms with E-state index >= 15 is 0 Å². The zero-order chi connectivity index (χ0) is 21.8. The molecule has 0 saturated carbocycles. The van der Waals surface area contributed by atoms with Gasteiger partial charge in [0, 0.05) is 18.9 Å². The monoisotopic (exact) mass is 413 g/mol. The first kappa shape index (κ1) is 21.7. The summed E-state index contributed by atoms with van der Waals surface area (Å²) in [5.74, 6) is -1.93. The van der Waals surface area contributed by atoms with E-state index in [1.165, 1.54) is 0 Å². The first-order valence-corrected chi connectivity index (χ1v) is 10.5. The average molecular weight is 413 g/mol. The average Bonchev–Trinajstić information content (AvgIpc) is 2.96. The molecule has 5 amide bonds. The number of imide groups is 2. The number of fused-ring (bicyclic) bond motifs is 1. The summed E-state index contributed by atoms with van der Waals surface area (Å²) >= 11 is 0. The van der Waals surface area contributed by atoms with Gasteiger partial charge in [0.05, 0.1) is 11.1 Å². The number of piperidine rings is 1. The molecular weight excluding hydrogens is 386 g/mol. The number of carbonyl (C=O) groups is 5. The van der Waals surface area contributed by atoms with Gasteiger partial charge in [-0.3, -0.25) is 34.2 Å². The van der Waals surface area contributed by atoms with Gasteiger partial charge in [-0.1, -0.05) is 19.9 Å². The minimum Gasteiger partial charge on any atom is -0.356 e. The Balaban J connectivity index is 1.62. The lowest BCUT2D eigenvalue weighted by atomic mass is 10.0. The fourth-order valence-corrected chi connectivity index (χ4v) is 3.98. The molecule has 0 bridgehead atoms. The molecule has 0 spiro atoms. The summed E-state index contributed by atoms with van der Waals surface area (Å²) in [5, 5.41) is 5.13. The maximum atomic E-state index is 12.8. The van der Waals surface area contributed by atoms with E-state index in [9.17, 15) is 24.0 Å². The van der Waals surface area contributed by atoms with Crippen molar-refractivity contribution >= 4 is 29.5 Å². The molecule has 1 saturated heterocycles. The number of benzene rings is 1. The van der Waals surface area contributed by atoms with Gasteiger partial charge in [-0.15, -0.1) is 0 Å². The number of nitrogens with one attached hydrogen (secondary N) is 2. The molecule has 0 aromatic heterocycles. The second kappa shape index (κ2) is 9.19. The highest BCUT2D eigenvalue weighted by Gasteiger charge is 2.44. The number of hydrogen-bond acceptors (Lipinski definition) is 5. The van der Waals surface area contributed by atoms with Crippen molar-refractivity contribution < 1.29 is 24.0 Å². The van der Waals surface area contributed by atoms with Gasteiger partial charge in [0.25, 0.3) is 11.8 Å². The predicted octanol–water partition coefficient (Wildman–Crippen LogP) is 1.57. The molecule has 8 nitrogen and oxygen atoms in total. The summed E-state index contributed by atoms with van der Waals surface area (Å²) in [7, 11) is 0. The molecule has 1 atom stereocenters. The van der Waals surface area contributed by atoms with Crippen LogP contribution in [0.1, 0.15) is 72.2 Å². The van der Waals surface area contributed by atoms with E-state index in [1.54, 1.807) is 18.2 Å². The van der Waals surface area contributed by atoms with E-state index in [1.807, 2.05) is 13.8 Å². The Labute approximate surface area is 175 Å². The predicted molar refractivity (Wildman–Crippen MR) is 109 cm³/mol. The summed E-state index contributed by atoms with van der Waals surface area (Å²) in [6.45, 7) is 4.53. The second-order valence-corrected chi connectivity index (χ2v) is 7.74. The topological polar surface area (TPSA) is 113 Å². The summed E-state index contributed by atoms with van der Waals surface area (Å²) in [6, 6.07) is 4.13.